The number of nitrogens with two attached hydrogens (primary N) is 1. The van der Waals surface area contributed by atoms with Gasteiger partial charge in [0.15, 0.2) is 5.65 Å². The molecular formula is C21H19N5O2. The Labute approximate surface area is 161 Å². The van der Waals surface area contributed by atoms with Gasteiger partial charge in [0.2, 0.25) is 11.9 Å². The molecule has 4 rings (SSSR count). The minimum atomic E-state index is -0.468. The van der Waals surface area contributed by atoms with Crippen molar-refractivity contribution < 1.29 is 9.90 Å². The van der Waals surface area contributed by atoms with E-state index in [2.05, 4.69) is 15.4 Å². The van der Waals surface area contributed by atoms with Crippen LogP contribution in [-0.4, -0.2) is 25.6 Å². The van der Waals surface area contributed by atoms with Crippen LogP contribution in [0.25, 0.3) is 16.8 Å². The Hall–Kier alpha value is -3.87. The third-order valence-electron chi connectivity index (χ3n) is 4.58. The van der Waals surface area contributed by atoms with Gasteiger partial charge in [0.1, 0.15) is 5.75 Å². The smallest absolute Gasteiger partial charge is 0.248 e. The first-order chi connectivity index (χ1) is 13.4. The van der Waals surface area contributed by atoms with Crippen molar-refractivity contribution in [1.29, 1.82) is 0 Å². The standard InChI is InChI=1S/C21H19N5O2/c1-12-9-16(10-13(2)19(12)27)15-5-8-18-24-21(25-26(18)11-15)23-17-6-3-14(4-7-17)20(22)28/h3-11,27H,1-2H3,(H2,22,28)(H,23,25). The lowest BCUT2D eigenvalue weighted by molar-refractivity contribution is 0.100. The fourth-order valence-corrected chi connectivity index (χ4v) is 3.08. The van der Waals surface area contributed by atoms with Crippen molar-refractivity contribution in [3.8, 4) is 16.9 Å². The summed E-state index contributed by atoms with van der Waals surface area (Å²) in [5.41, 5.74) is 10.8. The second kappa shape index (κ2) is 6.70. The summed E-state index contributed by atoms with van der Waals surface area (Å²) >= 11 is 0. The fourth-order valence-electron chi connectivity index (χ4n) is 3.08. The number of nitrogens with zero attached hydrogens (tertiary/aromatic N) is 3. The van der Waals surface area contributed by atoms with Gasteiger partial charge < -0.3 is 16.2 Å². The van der Waals surface area contributed by atoms with Crippen LogP contribution in [0.4, 0.5) is 11.6 Å². The summed E-state index contributed by atoms with van der Waals surface area (Å²) in [5, 5.41) is 17.6. The number of carbonyl (C=O) groups excluding carboxylic acids is 1. The Morgan fingerprint density at radius 3 is 2.36 bits per heavy atom. The normalized spacial score (nSPS) is 10.9. The van der Waals surface area contributed by atoms with Gasteiger partial charge in [-0.3, -0.25) is 4.79 Å². The molecule has 28 heavy (non-hydrogen) atoms. The molecule has 0 unspecified atom stereocenters. The first-order valence-corrected chi connectivity index (χ1v) is 8.74. The highest BCUT2D eigenvalue weighted by Crippen LogP contribution is 2.29. The molecule has 1 amide bonds. The number of nitrogens with one attached hydrogen (secondary N) is 1. The molecule has 0 atom stereocenters. The molecule has 140 valence electrons. The average molecular weight is 373 g/mol. The number of carbonyl (C=O) groups is 1. The Bertz CT molecular complexity index is 1170. The van der Waals surface area contributed by atoms with Gasteiger partial charge in [-0.25, -0.2) is 4.52 Å². The van der Waals surface area contributed by atoms with Gasteiger partial charge in [0, 0.05) is 23.0 Å². The summed E-state index contributed by atoms with van der Waals surface area (Å²) in [6, 6.07) is 14.5. The average Bonchev–Trinajstić information content (AvgIpc) is 3.07. The number of aromatic hydroxyl groups is 1. The first kappa shape index (κ1) is 17.5. The summed E-state index contributed by atoms with van der Waals surface area (Å²) in [7, 11) is 0. The number of pyridine rings is 1. The third-order valence-corrected chi connectivity index (χ3v) is 4.58. The molecule has 7 nitrogen and oxygen atoms in total. The molecule has 0 aliphatic carbocycles. The van der Waals surface area contributed by atoms with Crippen molar-refractivity contribution in [2.45, 2.75) is 13.8 Å². The molecule has 2 heterocycles. The van der Waals surface area contributed by atoms with Gasteiger partial charge in [-0.05, 0) is 79.1 Å². The molecule has 7 heteroatoms. The largest absolute Gasteiger partial charge is 0.507 e. The number of phenols is 1. The molecule has 2 aromatic carbocycles. The predicted octanol–water partition coefficient (Wildman–Crippen LogP) is 3.56. The Kier molecular flexibility index (Phi) is 4.19. The number of hydrogen-bond donors (Lipinski definition) is 3. The Morgan fingerprint density at radius 2 is 1.71 bits per heavy atom. The zero-order valence-corrected chi connectivity index (χ0v) is 15.5. The van der Waals surface area contributed by atoms with Gasteiger partial charge in [-0.2, -0.15) is 4.98 Å². The van der Waals surface area contributed by atoms with E-state index in [1.54, 1.807) is 28.8 Å². The minimum absolute atomic E-state index is 0.319. The molecule has 0 aliphatic heterocycles. The van der Waals surface area contributed by atoms with Crippen molar-refractivity contribution in [1.82, 2.24) is 14.6 Å². The number of hydrogen-bond acceptors (Lipinski definition) is 5. The number of phenolic OH excluding ortho intramolecular Hbond substituents is 1. The molecule has 0 saturated carbocycles. The van der Waals surface area contributed by atoms with E-state index >= 15 is 0 Å². The van der Waals surface area contributed by atoms with Crippen LogP contribution in [-0.2, 0) is 0 Å². The number of aromatic nitrogens is 3. The lowest BCUT2D eigenvalue weighted by Gasteiger charge is -2.08. The van der Waals surface area contributed by atoms with Crippen molar-refractivity contribution >= 4 is 23.2 Å². The summed E-state index contributed by atoms with van der Waals surface area (Å²) < 4.78 is 1.70. The lowest BCUT2D eigenvalue weighted by Crippen LogP contribution is -2.10. The minimum Gasteiger partial charge on any atom is -0.507 e. The Balaban J connectivity index is 1.64. The van der Waals surface area contributed by atoms with E-state index < -0.39 is 5.91 Å². The maximum Gasteiger partial charge on any atom is 0.248 e. The van der Waals surface area contributed by atoms with E-state index in [0.29, 0.717) is 22.9 Å². The highest BCUT2D eigenvalue weighted by atomic mass is 16.3. The molecule has 2 aromatic heterocycles. The molecule has 0 spiro atoms. The molecule has 0 radical (unpaired) electrons. The number of amides is 1. The van der Waals surface area contributed by atoms with E-state index in [1.807, 2.05) is 44.3 Å². The second-order valence-electron chi connectivity index (χ2n) is 6.68. The predicted molar refractivity (Wildman–Crippen MR) is 108 cm³/mol. The van der Waals surface area contributed by atoms with E-state index in [0.717, 1.165) is 27.9 Å². The van der Waals surface area contributed by atoms with Crippen molar-refractivity contribution in [2.75, 3.05) is 5.32 Å². The second-order valence-corrected chi connectivity index (χ2v) is 6.68. The zero-order valence-electron chi connectivity index (χ0n) is 15.5. The molecule has 0 bridgehead atoms. The van der Waals surface area contributed by atoms with E-state index in [9.17, 15) is 9.90 Å². The monoisotopic (exact) mass is 373 g/mol. The SMILES string of the molecule is Cc1cc(-c2ccc3nc(Nc4ccc(C(N)=O)cc4)nn3c2)cc(C)c1O. The topological polar surface area (TPSA) is 106 Å². The quantitative estimate of drug-likeness (QED) is 0.507. The number of aryl methyl sites for hydroxylation is 2. The van der Waals surface area contributed by atoms with Crippen LogP contribution in [0.1, 0.15) is 21.5 Å². The van der Waals surface area contributed by atoms with E-state index in [4.69, 9.17) is 5.73 Å². The van der Waals surface area contributed by atoms with Crippen molar-refractivity contribution in [3.05, 3.63) is 71.4 Å². The molecule has 0 saturated heterocycles. The highest BCUT2D eigenvalue weighted by molar-refractivity contribution is 5.93. The van der Waals surface area contributed by atoms with Gasteiger partial charge in [-0.15, -0.1) is 5.10 Å². The maximum absolute atomic E-state index is 11.2. The number of fused-ring (bicyclic) bond motifs is 1. The van der Waals surface area contributed by atoms with Crippen molar-refractivity contribution in [3.63, 3.8) is 0 Å². The van der Waals surface area contributed by atoms with Gasteiger partial charge >= 0.3 is 0 Å². The summed E-state index contributed by atoms with van der Waals surface area (Å²) in [6.45, 7) is 3.76. The molecule has 4 aromatic rings. The highest BCUT2D eigenvalue weighted by Gasteiger charge is 2.09. The molecule has 4 N–H and O–H groups in total. The number of primary amides is 1. The van der Waals surface area contributed by atoms with Crippen LogP contribution in [0.2, 0.25) is 0 Å². The van der Waals surface area contributed by atoms with Crippen LogP contribution in [0, 0.1) is 13.8 Å². The van der Waals surface area contributed by atoms with Crippen LogP contribution < -0.4 is 11.1 Å². The van der Waals surface area contributed by atoms with Gasteiger partial charge in [0.05, 0.1) is 0 Å². The van der Waals surface area contributed by atoms with Crippen molar-refractivity contribution in [2.24, 2.45) is 5.73 Å². The van der Waals surface area contributed by atoms with Gasteiger partial charge in [0.25, 0.3) is 0 Å². The third kappa shape index (κ3) is 3.25. The van der Waals surface area contributed by atoms with Gasteiger partial charge in [-0.1, -0.05) is 0 Å². The first-order valence-electron chi connectivity index (χ1n) is 8.74. The zero-order chi connectivity index (χ0) is 19.8. The summed E-state index contributed by atoms with van der Waals surface area (Å²) in [4.78, 5) is 15.6. The lowest BCUT2D eigenvalue weighted by atomic mass is 10.0. The Morgan fingerprint density at radius 1 is 1.04 bits per heavy atom. The summed E-state index contributed by atoms with van der Waals surface area (Å²) in [5.74, 6) is 0.297. The van der Waals surface area contributed by atoms with Crippen LogP contribution >= 0.6 is 0 Å². The maximum atomic E-state index is 11.2. The summed E-state index contributed by atoms with van der Waals surface area (Å²) in [6.07, 6.45) is 1.90. The van der Waals surface area contributed by atoms with Crippen LogP contribution in [0.5, 0.6) is 5.75 Å². The molecular weight excluding hydrogens is 354 g/mol. The molecule has 0 fully saturated rings. The van der Waals surface area contributed by atoms with Crippen LogP contribution in [0.15, 0.2) is 54.7 Å². The van der Waals surface area contributed by atoms with E-state index in [-0.39, 0.29) is 0 Å². The van der Waals surface area contributed by atoms with E-state index in [1.165, 1.54) is 0 Å². The fraction of sp³-hybridized carbons (Fsp3) is 0.0952. The van der Waals surface area contributed by atoms with Crippen LogP contribution in [0.3, 0.4) is 0 Å². The molecule has 0 aliphatic rings. The number of anilines is 2. The number of benzene rings is 2. The number of rotatable bonds is 4.